The maximum Gasteiger partial charge on any atom is 0.302 e. The number of rotatable bonds is 5. The van der Waals surface area contributed by atoms with E-state index in [9.17, 15) is 4.79 Å². The van der Waals surface area contributed by atoms with Crippen molar-refractivity contribution in [2.24, 2.45) is 0 Å². The van der Waals surface area contributed by atoms with Gasteiger partial charge in [-0.05, 0) is 25.0 Å². The Morgan fingerprint density at radius 1 is 1.20 bits per heavy atom. The molecular weight excluding hydrogens is 314 g/mol. The Morgan fingerprint density at radius 2 is 1.88 bits per heavy atom. The molecular formula is C21H25NO3. The molecule has 2 aromatic rings. The molecule has 4 nitrogen and oxygen atoms in total. The number of benzene rings is 2. The molecule has 0 fully saturated rings. The number of nitrogens with one attached hydrogen (secondary N) is 1. The monoisotopic (exact) mass is 339 g/mol. The van der Waals surface area contributed by atoms with E-state index in [4.69, 9.17) is 9.47 Å². The summed E-state index contributed by atoms with van der Waals surface area (Å²) in [6.45, 7) is 5.46. The summed E-state index contributed by atoms with van der Waals surface area (Å²) in [6.07, 6.45) is 0.950. The van der Waals surface area contributed by atoms with Gasteiger partial charge >= 0.3 is 5.97 Å². The highest BCUT2D eigenvalue weighted by Crippen LogP contribution is 2.45. The Bertz CT molecular complexity index is 731. The van der Waals surface area contributed by atoms with Crippen LogP contribution in [0.1, 0.15) is 44.7 Å². The van der Waals surface area contributed by atoms with Crippen LogP contribution in [0.2, 0.25) is 0 Å². The number of carbonyl (C=O) groups is 1. The predicted molar refractivity (Wildman–Crippen MR) is 98.3 cm³/mol. The highest BCUT2D eigenvalue weighted by atomic mass is 16.6. The molecule has 0 aromatic heterocycles. The summed E-state index contributed by atoms with van der Waals surface area (Å²) >= 11 is 0. The normalized spacial score (nSPS) is 23.2. The molecule has 0 saturated heterocycles. The lowest BCUT2D eigenvalue weighted by Gasteiger charge is -2.44. The maximum absolute atomic E-state index is 11.2. The van der Waals surface area contributed by atoms with E-state index in [1.807, 2.05) is 37.3 Å². The average molecular weight is 339 g/mol. The van der Waals surface area contributed by atoms with Crippen LogP contribution in [0.3, 0.4) is 0 Å². The van der Waals surface area contributed by atoms with Gasteiger partial charge in [-0.25, -0.2) is 0 Å². The summed E-state index contributed by atoms with van der Waals surface area (Å²) < 4.78 is 11.9. The molecule has 2 aromatic carbocycles. The van der Waals surface area contributed by atoms with Crippen molar-refractivity contribution in [3.8, 4) is 0 Å². The summed E-state index contributed by atoms with van der Waals surface area (Å²) in [5, 5.41) is 3.45. The van der Waals surface area contributed by atoms with Crippen molar-refractivity contribution in [1.82, 2.24) is 0 Å². The van der Waals surface area contributed by atoms with Crippen molar-refractivity contribution in [2.45, 2.75) is 51.5 Å². The van der Waals surface area contributed by atoms with Gasteiger partial charge in [0.2, 0.25) is 0 Å². The average Bonchev–Trinajstić information content (AvgIpc) is 2.61. The minimum Gasteiger partial charge on any atom is -0.463 e. The van der Waals surface area contributed by atoms with Crippen molar-refractivity contribution < 1.29 is 14.3 Å². The maximum atomic E-state index is 11.2. The van der Waals surface area contributed by atoms with E-state index in [-0.39, 0.29) is 18.3 Å². The molecule has 0 radical (unpaired) electrons. The molecule has 3 atom stereocenters. The van der Waals surface area contributed by atoms with E-state index in [0.29, 0.717) is 6.42 Å². The number of hydrogen-bond donors (Lipinski definition) is 1. The molecule has 1 heterocycles. The van der Waals surface area contributed by atoms with Crippen molar-refractivity contribution >= 4 is 11.7 Å². The Labute approximate surface area is 149 Å². The van der Waals surface area contributed by atoms with Crippen LogP contribution in [-0.2, 0) is 19.9 Å². The van der Waals surface area contributed by atoms with Gasteiger partial charge in [-0.3, -0.25) is 4.79 Å². The minimum absolute atomic E-state index is 0.217. The molecule has 1 aliphatic rings. The number of fused-ring (bicyclic) bond motifs is 1. The molecule has 0 amide bonds. The first-order valence-electron chi connectivity index (χ1n) is 8.81. The summed E-state index contributed by atoms with van der Waals surface area (Å²) in [4.78, 5) is 11.2. The molecule has 4 heteroatoms. The fourth-order valence-corrected chi connectivity index (χ4v) is 3.62. The van der Waals surface area contributed by atoms with Crippen LogP contribution in [0.5, 0.6) is 0 Å². The topological polar surface area (TPSA) is 47.6 Å². The molecule has 0 saturated carbocycles. The molecule has 0 aliphatic carbocycles. The number of anilines is 1. The minimum atomic E-state index is -0.510. The van der Waals surface area contributed by atoms with Gasteiger partial charge in [0.25, 0.3) is 0 Å². The number of hydrogen-bond acceptors (Lipinski definition) is 4. The number of carbonyl (C=O) groups excluding carboxylic acids is 1. The second-order valence-electron chi connectivity index (χ2n) is 6.50. The third-order valence-electron chi connectivity index (χ3n) is 4.67. The predicted octanol–water partition coefficient (Wildman–Crippen LogP) is 4.45. The zero-order chi connectivity index (χ0) is 17.9. The summed E-state index contributed by atoms with van der Waals surface area (Å²) in [6, 6.07) is 18.6. The van der Waals surface area contributed by atoms with E-state index in [1.54, 1.807) is 0 Å². The van der Waals surface area contributed by atoms with Crippen molar-refractivity contribution in [3.05, 3.63) is 65.7 Å². The second kappa shape index (κ2) is 7.28. The SMILES string of the molecule is CC[C@]1(c2ccccc2)O[C@H](C[C@H](C)OC(C)=O)Nc2ccccc21. The van der Waals surface area contributed by atoms with Gasteiger partial charge < -0.3 is 14.8 Å². The van der Waals surface area contributed by atoms with Crippen molar-refractivity contribution in [1.29, 1.82) is 0 Å². The van der Waals surface area contributed by atoms with Gasteiger partial charge in [-0.15, -0.1) is 0 Å². The van der Waals surface area contributed by atoms with Gasteiger partial charge in [0.15, 0.2) is 0 Å². The Morgan fingerprint density at radius 3 is 2.56 bits per heavy atom. The van der Waals surface area contributed by atoms with Crippen LogP contribution in [0, 0.1) is 0 Å². The smallest absolute Gasteiger partial charge is 0.302 e. The molecule has 0 spiro atoms. The molecule has 1 aliphatic heterocycles. The molecule has 3 rings (SSSR count). The molecule has 0 bridgehead atoms. The van der Waals surface area contributed by atoms with Crippen LogP contribution in [0.4, 0.5) is 5.69 Å². The third-order valence-corrected chi connectivity index (χ3v) is 4.67. The summed E-state index contributed by atoms with van der Waals surface area (Å²) in [5.41, 5.74) is 2.83. The third kappa shape index (κ3) is 3.54. The highest BCUT2D eigenvalue weighted by Gasteiger charge is 2.41. The largest absolute Gasteiger partial charge is 0.463 e. The molecule has 1 N–H and O–H groups in total. The number of para-hydroxylation sites is 1. The van der Waals surface area contributed by atoms with Crippen LogP contribution < -0.4 is 5.32 Å². The van der Waals surface area contributed by atoms with Crippen molar-refractivity contribution in [3.63, 3.8) is 0 Å². The lowest BCUT2D eigenvalue weighted by atomic mass is 9.81. The van der Waals surface area contributed by atoms with E-state index < -0.39 is 5.60 Å². The zero-order valence-electron chi connectivity index (χ0n) is 15.0. The number of esters is 1. The van der Waals surface area contributed by atoms with E-state index in [0.717, 1.165) is 23.2 Å². The van der Waals surface area contributed by atoms with Gasteiger partial charge in [-0.1, -0.05) is 55.5 Å². The van der Waals surface area contributed by atoms with Crippen LogP contribution in [-0.4, -0.2) is 18.3 Å². The van der Waals surface area contributed by atoms with E-state index in [2.05, 4.69) is 36.5 Å². The summed E-state index contributed by atoms with van der Waals surface area (Å²) in [5.74, 6) is -0.270. The lowest BCUT2D eigenvalue weighted by Crippen LogP contribution is -2.44. The van der Waals surface area contributed by atoms with Crippen LogP contribution in [0.15, 0.2) is 54.6 Å². The Hall–Kier alpha value is -2.33. The van der Waals surface area contributed by atoms with E-state index in [1.165, 1.54) is 6.92 Å². The Kier molecular flexibility index (Phi) is 5.09. The first-order valence-corrected chi connectivity index (χ1v) is 8.81. The van der Waals surface area contributed by atoms with Crippen LogP contribution in [0.25, 0.3) is 0 Å². The molecule has 0 unspecified atom stereocenters. The van der Waals surface area contributed by atoms with E-state index >= 15 is 0 Å². The summed E-state index contributed by atoms with van der Waals surface area (Å²) in [7, 11) is 0. The first kappa shape index (κ1) is 17.5. The van der Waals surface area contributed by atoms with Crippen LogP contribution >= 0.6 is 0 Å². The van der Waals surface area contributed by atoms with Gasteiger partial charge in [0, 0.05) is 24.6 Å². The van der Waals surface area contributed by atoms with Gasteiger partial charge in [0.1, 0.15) is 17.9 Å². The molecule has 25 heavy (non-hydrogen) atoms. The lowest BCUT2D eigenvalue weighted by molar-refractivity contribution is -0.148. The molecule has 132 valence electrons. The Balaban J connectivity index is 1.97. The second-order valence-corrected chi connectivity index (χ2v) is 6.50. The fraction of sp³-hybridized carbons (Fsp3) is 0.381. The number of ether oxygens (including phenoxy) is 2. The first-order chi connectivity index (χ1) is 12.0. The quantitative estimate of drug-likeness (QED) is 0.818. The standard InChI is InChI=1S/C21H25NO3/c1-4-21(17-10-6-5-7-11-17)18-12-8-9-13-19(18)22-20(25-21)14-15(2)24-16(3)23/h5-13,15,20,22H,4,14H2,1-3H3/t15-,20+,21+/m0/s1. The zero-order valence-corrected chi connectivity index (χ0v) is 15.0. The van der Waals surface area contributed by atoms with Gasteiger partial charge in [0.05, 0.1) is 0 Å². The highest BCUT2D eigenvalue weighted by molar-refractivity contribution is 5.66. The fourth-order valence-electron chi connectivity index (χ4n) is 3.62. The van der Waals surface area contributed by atoms with Crippen molar-refractivity contribution in [2.75, 3.05) is 5.32 Å². The van der Waals surface area contributed by atoms with Gasteiger partial charge in [-0.2, -0.15) is 0 Å².